The Balaban J connectivity index is 1.73. The summed E-state index contributed by atoms with van der Waals surface area (Å²) in [6, 6.07) is 3.24. The largest absolute Gasteiger partial charge is 0.493 e. The maximum absolute atomic E-state index is 13.0. The number of likely N-dealkylation sites (N-methyl/N-ethyl adjacent to an activating group) is 1. The monoisotopic (exact) mass is 443 g/mol. The minimum atomic E-state index is -0.609. The molecule has 2 aromatic carbocycles. The second-order valence-corrected chi connectivity index (χ2v) is 7.89. The molecule has 0 unspecified atom stereocenters. The van der Waals surface area contributed by atoms with Crippen LogP contribution in [0.1, 0.15) is 44.8 Å². The summed E-state index contributed by atoms with van der Waals surface area (Å²) in [4.78, 5) is 15.1. The maximum Gasteiger partial charge on any atom is 0.343 e. The lowest BCUT2D eigenvalue weighted by molar-refractivity contribution is 0.00861. The van der Waals surface area contributed by atoms with E-state index in [4.69, 9.17) is 28.4 Å². The fourth-order valence-electron chi connectivity index (χ4n) is 5.09. The topological polar surface area (TPSA) is 95.9 Å². The van der Waals surface area contributed by atoms with Crippen LogP contribution in [0.2, 0.25) is 0 Å². The van der Waals surface area contributed by atoms with Crippen molar-refractivity contribution in [2.75, 3.05) is 41.7 Å². The summed E-state index contributed by atoms with van der Waals surface area (Å²) >= 11 is 0. The second-order valence-electron chi connectivity index (χ2n) is 7.89. The summed E-state index contributed by atoms with van der Waals surface area (Å²) in [5, 5.41) is 10.2. The average molecular weight is 443 g/mol. The Morgan fingerprint density at radius 2 is 1.84 bits per heavy atom. The first-order valence-corrected chi connectivity index (χ1v) is 10.3. The van der Waals surface area contributed by atoms with Gasteiger partial charge < -0.3 is 33.5 Å². The number of methoxy groups -OCH3 is 3. The number of ether oxygens (including phenoxy) is 6. The summed E-state index contributed by atoms with van der Waals surface area (Å²) < 4.78 is 33.9. The molecule has 32 heavy (non-hydrogen) atoms. The zero-order chi connectivity index (χ0) is 22.6. The van der Waals surface area contributed by atoms with Crippen LogP contribution >= 0.6 is 0 Å². The first-order valence-electron chi connectivity index (χ1n) is 10.3. The summed E-state index contributed by atoms with van der Waals surface area (Å²) in [6.45, 7) is 0.561. The predicted octanol–water partition coefficient (Wildman–Crippen LogP) is 2.37. The molecular weight excluding hydrogens is 418 g/mol. The van der Waals surface area contributed by atoms with Crippen LogP contribution in [-0.2, 0) is 17.8 Å². The van der Waals surface area contributed by atoms with Gasteiger partial charge in [0, 0.05) is 23.2 Å². The normalized spacial score (nSPS) is 21.1. The highest BCUT2D eigenvalue weighted by Crippen LogP contribution is 2.56. The average Bonchev–Trinajstić information content (AvgIpc) is 3.41. The lowest BCUT2D eigenvalue weighted by atomic mass is 9.83. The molecule has 1 N–H and O–H groups in total. The van der Waals surface area contributed by atoms with Crippen LogP contribution in [0.3, 0.4) is 0 Å². The van der Waals surface area contributed by atoms with E-state index in [0.717, 1.165) is 11.1 Å². The molecule has 170 valence electrons. The first kappa shape index (κ1) is 20.7. The van der Waals surface area contributed by atoms with E-state index in [1.54, 1.807) is 13.2 Å². The van der Waals surface area contributed by atoms with Crippen molar-refractivity contribution >= 4 is 5.97 Å². The van der Waals surface area contributed by atoms with Crippen LogP contribution in [0.25, 0.3) is 0 Å². The lowest BCUT2D eigenvalue weighted by Crippen LogP contribution is -2.37. The maximum atomic E-state index is 13.0. The van der Waals surface area contributed by atoms with Crippen molar-refractivity contribution < 1.29 is 38.3 Å². The van der Waals surface area contributed by atoms with Crippen LogP contribution in [0, 0.1) is 0 Å². The van der Waals surface area contributed by atoms with Gasteiger partial charge in [0.15, 0.2) is 23.0 Å². The minimum absolute atomic E-state index is 0.0559. The highest BCUT2D eigenvalue weighted by atomic mass is 16.7. The van der Waals surface area contributed by atoms with E-state index in [1.165, 1.54) is 14.2 Å². The van der Waals surface area contributed by atoms with Gasteiger partial charge in [-0.25, -0.2) is 4.79 Å². The molecule has 3 aliphatic rings. The molecule has 2 atom stereocenters. The number of fused-ring (bicyclic) bond motifs is 3. The summed E-state index contributed by atoms with van der Waals surface area (Å²) in [7, 11) is 6.57. The molecule has 0 fully saturated rings. The van der Waals surface area contributed by atoms with Gasteiger partial charge in [-0.05, 0) is 25.1 Å². The van der Waals surface area contributed by atoms with Gasteiger partial charge >= 0.3 is 5.97 Å². The van der Waals surface area contributed by atoms with E-state index >= 15 is 0 Å². The van der Waals surface area contributed by atoms with E-state index in [2.05, 4.69) is 4.90 Å². The van der Waals surface area contributed by atoms with E-state index in [0.29, 0.717) is 58.4 Å². The number of aliphatic hydroxyl groups excluding tert-OH is 1. The van der Waals surface area contributed by atoms with Crippen LogP contribution in [0.5, 0.6) is 28.7 Å². The van der Waals surface area contributed by atoms with Gasteiger partial charge in [-0.15, -0.1) is 0 Å². The number of aliphatic hydroxyl groups is 1. The van der Waals surface area contributed by atoms with E-state index in [9.17, 15) is 9.90 Å². The number of rotatable bonds is 5. The molecule has 5 rings (SSSR count). The SMILES string of the molecule is COc1ccc2c(c1OC)C(=O)O[C@H]2[C@@H]1c2c(c(CO)c3c(c2OC)OCO3)CCN1C. The highest BCUT2D eigenvalue weighted by molar-refractivity contribution is 5.98. The van der Waals surface area contributed by atoms with E-state index < -0.39 is 12.1 Å². The Morgan fingerprint density at radius 3 is 2.53 bits per heavy atom. The number of cyclic esters (lactones) is 1. The predicted molar refractivity (Wildman–Crippen MR) is 112 cm³/mol. The fourth-order valence-corrected chi connectivity index (χ4v) is 5.09. The zero-order valence-electron chi connectivity index (χ0n) is 18.4. The van der Waals surface area contributed by atoms with E-state index in [1.807, 2.05) is 13.1 Å². The fraction of sp³-hybridized carbons (Fsp3) is 0.435. The number of hydrogen-bond acceptors (Lipinski definition) is 9. The smallest absolute Gasteiger partial charge is 0.343 e. The van der Waals surface area contributed by atoms with Crippen molar-refractivity contribution in [2.24, 2.45) is 0 Å². The third-order valence-corrected chi connectivity index (χ3v) is 6.48. The molecule has 0 spiro atoms. The third kappa shape index (κ3) is 2.74. The van der Waals surface area contributed by atoms with Gasteiger partial charge in [-0.2, -0.15) is 0 Å². The number of esters is 1. The summed E-state index contributed by atoms with van der Waals surface area (Å²) in [6.07, 6.45) is 0.0761. The first-order chi connectivity index (χ1) is 15.5. The van der Waals surface area contributed by atoms with Crippen LogP contribution < -0.4 is 23.7 Å². The van der Waals surface area contributed by atoms with Crippen molar-refractivity contribution in [3.8, 4) is 28.7 Å². The lowest BCUT2D eigenvalue weighted by Gasteiger charge is -2.39. The van der Waals surface area contributed by atoms with Crippen molar-refractivity contribution in [1.82, 2.24) is 4.90 Å². The van der Waals surface area contributed by atoms with E-state index in [-0.39, 0.29) is 19.4 Å². The Kier molecular flexibility index (Phi) is 5.02. The Labute approximate surface area is 185 Å². The molecule has 2 aromatic rings. The molecule has 0 aromatic heterocycles. The van der Waals surface area contributed by atoms with Crippen molar-refractivity contribution in [3.63, 3.8) is 0 Å². The number of nitrogens with zero attached hydrogens (tertiary/aromatic N) is 1. The van der Waals surface area contributed by atoms with Gasteiger partial charge in [-0.1, -0.05) is 6.07 Å². The quantitative estimate of drug-likeness (QED) is 0.699. The number of hydrogen-bond donors (Lipinski definition) is 1. The van der Waals surface area contributed by atoms with Gasteiger partial charge in [0.05, 0.1) is 34.0 Å². The highest BCUT2D eigenvalue weighted by Gasteiger charge is 2.47. The number of carbonyl (C=O) groups excluding carboxylic acids is 1. The molecular formula is C23H25NO8. The van der Waals surface area contributed by atoms with Gasteiger partial charge in [0.2, 0.25) is 12.5 Å². The summed E-state index contributed by atoms with van der Waals surface area (Å²) in [5.74, 6) is 1.86. The van der Waals surface area contributed by atoms with Gasteiger partial charge in [0.25, 0.3) is 0 Å². The number of benzene rings is 2. The molecule has 3 aliphatic heterocycles. The Hall–Kier alpha value is -3.17. The molecule has 9 nitrogen and oxygen atoms in total. The molecule has 0 amide bonds. The van der Waals surface area contributed by atoms with Crippen molar-refractivity contribution in [1.29, 1.82) is 0 Å². The molecule has 9 heteroatoms. The molecule has 0 aliphatic carbocycles. The van der Waals surface area contributed by atoms with Crippen LogP contribution in [0.15, 0.2) is 12.1 Å². The molecule has 0 radical (unpaired) electrons. The van der Waals surface area contributed by atoms with Gasteiger partial charge in [0.1, 0.15) is 11.7 Å². The van der Waals surface area contributed by atoms with Crippen LogP contribution in [0.4, 0.5) is 0 Å². The molecule has 0 saturated heterocycles. The van der Waals surface area contributed by atoms with Crippen LogP contribution in [-0.4, -0.2) is 57.7 Å². The van der Waals surface area contributed by atoms with Gasteiger partial charge in [-0.3, -0.25) is 4.90 Å². The second kappa shape index (κ2) is 7.75. The molecule has 0 bridgehead atoms. The number of carbonyl (C=O) groups is 1. The zero-order valence-corrected chi connectivity index (χ0v) is 18.4. The molecule has 3 heterocycles. The van der Waals surface area contributed by atoms with Crippen molar-refractivity contribution in [2.45, 2.75) is 25.2 Å². The van der Waals surface area contributed by atoms with Crippen molar-refractivity contribution in [3.05, 3.63) is 39.9 Å². The Bertz CT molecular complexity index is 1100. The third-order valence-electron chi connectivity index (χ3n) is 6.48. The summed E-state index contributed by atoms with van der Waals surface area (Å²) in [5.41, 5.74) is 3.52. The molecule has 0 saturated carbocycles. The standard InChI is InChI=1S/C23H25NO8/c1-24-8-7-11-13(9-25)19-22(31-10-30-19)21(29-4)15(11)17(24)18-12-5-6-14(27-2)20(28-3)16(12)23(26)32-18/h5-6,17-18,25H,7-10H2,1-4H3/t17-,18+/m0/s1. The Morgan fingerprint density at radius 1 is 1.09 bits per heavy atom. The minimum Gasteiger partial charge on any atom is -0.493 e.